The number of carboxylic acids is 1. The monoisotopic (exact) mass is 302 g/mol. The van der Waals surface area contributed by atoms with Crippen LogP contribution in [-0.4, -0.2) is 11.1 Å². The second kappa shape index (κ2) is 6.34. The average molecular weight is 302 g/mol. The van der Waals surface area contributed by atoms with Crippen molar-refractivity contribution in [1.82, 2.24) is 0 Å². The van der Waals surface area contributed by atoms with E-state index < -0.39 is 5.97 Å². The fraction of sp³-hybridized carbons (Fsp3) is 0.389. The minimum atomic E-state index is -1.04. The van der Waals surface area contributed by atoms with E-state index in [1.807, 2.05) is 6.07 Å². The Balaban J connectivity index is 1.86. The Morgan fingerprint density at radius 2 is 1.86 bits per heavy atom. The number of furan rings is 1. The van der Waals surface area contributed by atoms with Crippen molar-refractivity contribution >= 4 is 5.97 Å². The van der Waals surface area contributed by atoms with E-state index in [9.17, 15) is 14.3 Å². The second-order valence-corrected chi connectivity index (χ2v) is 5.95. The average Bonchev–Trinajstić information content (AvgIpc) is 2.95. The number of rotatable bonds is 4. The fourth-order valence-electron chi connectivity index (χ4n) is 3.17. The van der Waals surface area contributed by atoms with Crippen molar-refractivity contribution in [1.29, 1.82) is 0 Å². The summed E-state index contributed by atoms with van der Waals surface area (Å²) in [6.45, 7) is 0. The second-order valence-electron chi connectivity index (χ2n) is 5.95. The van der Waals surface area contributed by atoms with Crippen LogP contribution in [0.5, 0.6) is 0 Å². The van der Waals surface area contributed by atoms with Crippen molar-refractivity contribution in [2.45, 2.75) is 44.4 Å². The van der Waals surface area contributed by atoms with Crippen LogP contribution in [0.15, 0.2) is 34.7 Å². The van der Waals surface area contributed by atoms with E-state index in [4.69, 9.17) is 4.42 Å². The summed E-state index contributed by atoms with van der Waals surface area (Å²) in [5.41, 5.74) is 1.54. The van der Waals surface area contributed by atoms with Crippen molar-refractivity contribution in [2.24, 2.45) is 0 Å². The maximum atomic E-state index is 13.0. The number of benzene rings is 1. The third kappa shape index (κ3) is 3.21. The van der Waals surface area contributed by atoms with Gasteiger partial charge in [-0.1, -0.05) is 31.4 Å². The van der Waals surface area contributed by atoms with Crippen LogP contribution in [0, 0.1) is 5.82 Å². The molecule has 0 atom stereocenters. The molecule has 2 aromatic rings. The molecular weight excluding hydrogens is 283 g/mol. The van der Waals surface area contributed by atoms with Crippen LogP contribution in [0.4, 0.5) is 4.39 Å². The third-order valence-electron chi connectivity index (χ3n) is 4.34. The van der Waals surface area contributed by atoms with Gasteiger partial charge in [0.1, 0.15) is 11.6 Å². The molecule has 1 N–H and O–H groups in total. The molecule has 0 unspecified atom stereocenters. The van der Waals surface area contributed by atoms with Gasteiger partial charge in [0.05, 0.1) is 0 Å². The first kappa shape index (κ1) is 14.8. The molecule has 116 valence electrons. The molecule has 0 spiro atoms. The number of carbonyl (C=O) groups is 1. The standard InChI is InChI=1S/C18H19FO3/c19-15-8-6-12(7-9-15)10-14-11-16(22-17(14)18(20)21)13-4-2-1-3-5-13/h6-9,11,13H,1-5,10H2,(H,20,21). The van der Waals surface area contributed by atoms with E-state index in [1.54, 1.807) is 12.1 Å². The smallest absolute Gasteiger partial charge is 0.372 e. The molecule has 1 fully saturated rings. The van der Waals surface area contributed by atoms with Crippen molar-refractivity contribution in [3.05, 3.63) is 58.8 Å². The van der Waals surface area contributed by atoms with Crippen molar-refractivity contribution < 1.29 is 18.7 Å². The zero-order valence-corrected chi connectivity index (χ0v) is 12.3. The molecule has 1 saturated carbocycles. The summed E-state index contributed by atoms with van der Waals surface area (Å²) in [7, 11) is 0. The van der Waals surface area contributed by atoms with Crippen molar-refractivity contribution in [2.75, 3.05) is 0 Å². The Labute approximate surface area is 128 Å². The van der Waals surface area contributed by atoms with Crippen LogP contribution < -0.4 is 0 Å². The highest BCUT2D eigenvalue weighted by molar-refractivity contribution is 5.86. The summed E-state index contributed by atoms with van der Waals surface area (Å²) < 4.78 is 18.6. The molecule has 0 saturated heterocycles. The van der Waals surface area contributed by atoms with Crippen LogP contribution in [0.25, 0.3) is 0 Å². The number of aromatic carboxylic acids is 1. The first-order valence-corrected chi connectivity index (χ1v) is 7.74. The normalized spacial score (nSPS) is 15.9. The van der Waals surface area contributed by atoms with Crippen LogP contribution in [0.1, 0.15) is 65.5 Å². The van der Waals surface area contributed by atoms with Gasteiger partial charge >= 0.3 is 5.97 Å². The van der Waals surface area contributed by atoms with Gasteiger partial charge in [0.2, 0.25) is 5.76 Å². The highest BCUT2D eigenvalue weighted by Crippen LogP contribution is 2.35. The highest BCUT2D eigenvalue weighted by atomic mass is 19.1. The zero-order chi connectivity index (χ0) is 15.5. The first-order valence-electron chi connectivity index (χ1n) is 7.74. The summed E-state index contributed by atoms with van der Waals surface area (Å²) in [6.07, 6.45) is 6.14. The molecule has 1 aromatic heterocycles. The van der Waals surface area contributed by atoms with Crippen LogP contribution in [-0.2, 0) is 6.42 Å². The lowest BCUT2D eigenvalue weighted by molar-refractivity contribution is 0.0657. The quantitative estimate of drug-likeness (QED) is 0.886. The van der Waals surface area contributed by atoms with Gasteiger partial charge in [0.25, 0.3) is 0 Å². The Morgan fingerprint density at radius 1 is 1.18 bits per heavy atom. The maximum absolute atomic E-state index is 13.0. The highest BCUT2D eigenvalue weighted by Gasteiger charge is 2.24. The predicted octanol–water partition coefficient (Wildman–Crippen LogP) is 4.76. The largest absolute Gasteiger partial charge is 0.475 e. The molecule has 0 aliphatic heterocycles. The van der Waals surface area contributed by atoms with E-state index in [0.717, 1.165) is 24.2 Å². The molecule has 0 bridgehead atoms. The number of hydrogen-bond donors (Lipinski definition) is 1. The van der Waals surface area contributed by atoms with Gasteiger partial charge in [-0.15, -0.1) is 0 Å². The molecule has 4 heteroatoms. The lowest BCUT2D eigenvalue weighted by atomic mass is 9.87. The molecule has 3 nitrogen and oxygen atoms in total. The molecule has 1 aliphatic carbocycles. The Bertz CT molecular complexity index is 651. The molecule has 3 rings (SSSR count). The fourth-order valence-corrected chi connectivity index (χ4v) is 3.17. The number of halogens is 1. The lowest BCUT2D eigenvalue weighted by Gasteiger charge is -2.18. The summed E-state index contributed by atoms with van der Waals surface area (Å²) in [5, 5.41) is 9.35. The Kier molecular flexibility index (Phi) is 4.27. The lowest BCUT2D eigenvalue weighted by Crippen LogP contribution is -2.03. The van der Waals surface area contributed by atoms with E-state index in [1.165, 1.54) is 31.4 Å². The molecule has 0 amide bonds. The van der Waals surface area contributed by atoms with Crippen LogP contribution in [0.3, 0.4) is 0 Å². The summed E-state index contributed by atoms with van der Waals surface area (Å²) in [5.74, 6) is -0.204. The zero-order valence-electron chi connectivity index (χ0n) is 12.3. The Morgan fingerprint density at radius 3 is 2.50 bits per heavy atom. The molecule has 22 heavy (non-hydrogen) atoms. The number of hydrogen-bond acceptors (Lipinski definition) is 2. The number of carboxylic acid groups (broad SMARTS) is 1. The summed E-state index contributed by atoms with van der Waals surface area (Å²) in [4.78, 5) is 11.4. The van der Waals surface area contributed by atoms with Gasteiger partial charge in [0, 0.05) is 17.9 Å². The van der Waals surface area contributed by atoms with Gasteiger partial charge in [0.15, 0.2) is 0 Å². The van der Waals surface area contributed by atoms with Crippen molar-refractivity contribution in [3.8, 4) is 0 Å². The SMILES string of the molecule is O=C(O)c1oc(C2CCCCC2)cc1Cc1ccc(F)cc1. The summed E-state index contributed by atoms with van der Waals surface area (Å²) >= 11 is 0. The van der Waals surface area contributed by atoms with E-state index in [0.29, 0.717) is 17.9 Å². The van der Waals surface area contributed by atoms with Crippen LogP contribution in [0.2, 0.25) is 0 Å². The molecular formula is C18H19FO3. The molecule has 1 aliphatic rings. The van der Waals surface area contributed by atoms with E-state index in [2.05, 4.69) is 0 Å². The van der Waals surface area contributed by atoms with Gasteiger partial charge in [-0.05, 0) is 36.6 Å². The van der Waals surface area contributed by atoms with E-state index in [-0.39, 0.29) is 11.6 Å². The Hall–Kier alpha value is -2.10. The topological polar surface area (TPSA) is 50.4 Å². The molecule has 0 radical (unpaired) electrons. The van der Waals surface area contributed by atoms with Gasteiger partial charge in [-0.2, -0.15) is 0 Å². The first-order chi connectivity index (χ1) is 10.6. The maximum Gasteiger partial charge on any atom is 0.372 e. The van der Waals surface area contributed by atoms with Gasteiger partial charge < -0.3 is 9.52 Å². The predicted molar refractivity (Wildman–Crippen MR) is 80.7 cm³/mol. The molecule has 1 aromatic carbocycles. The van der Waals surface area contributed by atoms with Crippen molar-refractivity contribution in [3.63, 3.8) is 0 Å². The molecule has 1 heterocycles. The van der Waals surface area contributed by atoms with E-state index >= 15 is 0 Å². The summed E-state index contributed by atoms with van der Waals surface area (Å²) in [6, 6.07) is 8.00. The van der Waals surface area contributed by atoms with Gasteiger partial charge in [-0.25, -0.2) is 9.18 Å². The van der Waals surface area contributed by atoms with Crippen LogP contribution >= 0.6 is 0 Å². The van der Waals surface area contributed by atoms with Gasteiger partial charge in [-0.3, -0.25) is 0 Å². The minimum absolute atomic E-state index is 0.0184. The third-order valence-corrected chi connectivity index (χ3v) is 4.34. The minimum Gasteiger partial charge on any atom is -0.475 e.